The van der Waals surface area contributed by atoms with Crippen LogP contribution in [0.15, 0.2) is 53.5 Å². The number of amides is 1. The number of rotatable bonds is 6. The van der Waals surface area contributed by atoms with Crippen LogP contribution < -0.4 is 5.32 Å². The maximum absolute atomic E-state index is 12.4. The first kappa shape index (κ1) is 18.4. The fraction of sp³-hybridized carbons (Fsp3) is 0.238. The van der Waals surface area contributed by atoms with Crippen molar-refractivity contribution in [2.24, 2.45) is 0 Å². The number of para-hydroxylation sites is 2. The molecule has 0 unspecified atom stereocenters. The minimum Gasteiger partial charge on any atom is -0.352 e. The number of carbonyl (C=O) groups excluding carboxylic acids is 1. The number of hydrogen-bond acceptors (Lipinski definition) is 2. The monoisotopic (exact) mass is 411 g/mol. The molecule has 0 saturated heterocycles. The molecule has 0 saturated carbocycles. The lowest BCUT2D eigenvalue weighted by Gasteiger charge is -2.10. The van der Waals surface area contributed by atoms with E-state index in [1.54, 1.807) is 0 Å². The minimum absolute atomic E-state index is 0.0462. The summed E-state index contributed by atoms with van der Waals surface area (Å²) in [6.07, 6.45) is 0.658. The van der Waals surface area contributed by atoms with Crippen molar-refractivity contribution < 1.29 is 4.79 Å². The number of halogens is 1. The molecule has 0 aliphatic carbocycles. The normalized spacial score (nSPS) is 10.9. The minimum atomic E-state index is -0.0462. The zero-order valence-corrected chi connectivity index (χ0v) is 16.6. The third-order valence-corrected chi connectivity index (χ3v) is 4.57. The Morgan fingerprint density at radius 1 is 1.23 bits per heavy atom. The number of benzene rings is 2. The molecular weight excluding hydrogens is 390 g/mol. The van der Waals surface area contributed by atoms with Crippen LogP contribution in [0.1, 0.15) is 27.3 Å². The number of aryl methyl sites for hydroxylation is 2. The van der Waals surface area contributed by atoms with E-state index in [9.17, 15) is 4.79 Å². The summed E-state index contributed by atoms with van der Waals surface area (Å²) in [5.74, 6) is 0.891. The first-order valence-corrected chi connectivity index (χ1v) is 9.38. The Labute approximate surface area is 162 Å². The zero-order valence-electron chi connectivity index (χ0n) is 15.1. The molecule has 1 amide bonds. The molecule has 2 aromatic carbocycles. The van der Waals surface area contributed by atoms with Crippen molar-refractivity contribution in [3.8, 4) is 0 Å². The molecule has 3 rings (SSSR count). The topological polar surface area (TPSA) is 46.9 Å². The van der Waals surface area contributed by atoms with Gasteiger partial charge in [-0.05, 0) is 37.6 Å². The number of carbonyl (C=O) groups is 1. The van der Waals surface area contributed by atoms with Crippen molar-refractivity contribution in [2.45, 2.75) is 26.8 Å². The number of imidazole rings is 1. The van der Waals surface area contributed by atoms with E-state index in [-0.39, 0.29) is 5.91 Å². The van der Waals surface area contributed by atoms with E-state index in [2.05, 4.69) is 38.5 Å². The van der Waals surface area contributed by atoms with Gasteiger partial charge in [-0.3, -0.25) is 4.79 Å². The SMILES string of the molecule is C=C(Br)Cn1c(CCNC(=O)c2ccc(C)cc2C)nc2ccccc21. The van der Waals surface area contributed by atoms with E-state index in [4.69, 9.17) is 4.98 Å². The summed E-state index contributed by atoms with van der Waals surface area (Å²) < 4.78 is 3.02. The molecule has 0 aliphatic heterocycles. The molecule has 0 spiro atoms. The van der Waals surface area contributed by atoms with Gasteiger partial charge in [-0.1, -0.05) is 52.3 Å². The summed E-state index contributed by atoms with van der Waals surface area (Å²) in [7, 11) is 0. The quantitative estimate of drug-likeness (QED) is 0.647. The fourth-order valence-corrected chi connectivity index (χ4v) is 3.37. The van der Waals surface area contributed by atoms with E-state index in [0.29, 0.717) is 19.5 Å². The van der Waals surface area contributed by atoms with Crippen molar-refractivity contribution in [1.29, 1.82) is 0 Å². The van der Waals surface area contributed by atoms with Crippen LogP contribution in [0.5, 0.6) is 0 Å². The second kappa shape index (κ2) is 7.87. The number of aromatic nitrogens is 2. The van der Waals surface area contributed by atoms with Gasteiger partial charge < -0.3 is 9.88 Å². The molecule has 0 fully saturated rings. The highest BCUT2D eigenvalue weighted by molar-refractivity contribution is 9.11. The molecular formula is C21H22BrN3O. The molecule has 0 atom stereocenters. The smallest absolute Gasteiger partial charge is 0.251 e. The number of allylic oxidation sites excluding steroid dienone is 1. The van der Waals surface area contributed by atoms with E-state index < -0.39 is 0 Å². The average molecular weight is 412 g/mol. The van der Waals surface area contributed by atoms with Crippen molar-refractivity contribution >= 4 is 32.9 Å². The van der Waals surface area contributed by atoms with Crippen molar-refractivity contribution in [3.63, 3.8) is 0 Å². The van der Waals surface area contributed by atoms with Gasteiger partial charge in [0.15, 0.2) is 0 Å². The molecule has 5 heteroatoms. The predicted octanol–water partition coefficient (Wildman–Crippen LogP) is 4.53. The number of nitrogens with zero attached hydrogens (tertiary/aromatic N) is 2. The lowest BCUT2D eigenvalue weighted by atomic mass is 10.1. The molecule has 1 heterocycles. The van der Waals surface area contributed by atoms with Crippen LogP contribution in [0.2, 0.25) is 0 Å². The van der Waals surface area contributed by atoms with Gasteiger partial charge in [0, 0.05) is 23.0 Å². The van der Waals surface area contributed by atoms with Crippen molar-refractivity contribution in [1.82, 2.24) is 14.9 Å². The number of nitrogens with one attached hydrogen (secondary N) is 1. The Bertz CT molecular complexity index is 975. The summed E-state index contributed by atoms with van der Waals surface area (Å²) in [4.78, 5) is 17.2. The molecule has 4 nitrogen and oxygen atoms in total. The molecule has 26 heavy (non-hydrogen) atoms. The average Bonchev–Trinajstić information content (AvgIpc) is 2.92. The summed E-state index contributed by atoms with van der Waals surface area (Å²) >= 11 is 3.44. The van der Waals surface area contributed by atoms with Crippen LogP contribution in [0.4, 0.5) is 0 Å². The fourth-order valence-electron chi connectivity index (χ4n) is 3.12. The van der Waals surface area contributed by atoms with Gasteiger partial charge in [-0.15, -0.1) is 0 Å². The summed E-state index contributed by atoms with van der Waals surface area (Å²) in [6.45, 7) is 9.11. The lowest BCUT2D eigenvalue weighted by Crippen LogP contribution is -2.27. The van der Waals surface area contributed by atoms with Crippen LogP contribution >= 0.6 is 15.9 Å². The highest BCUT2D eigenvalue weighted by Gasteiger charge is 2.12. The van der Waals surface area contributed by atoms with Crippen LogP contribution in [-0.2, 0) is 13.0 Å². The third kappa shape index (κ3) is 4.05. The highest BCUT2D eigenvalue weighted by atomic mass is 79.9. The molecule has 0 bridgehead atoms. The lowest BCUT2D eigenvalue weighted by molar-refractivity contribution is 0.0953. The first-order valence-electron chi connectivity index (χ1n) is 8.58. The number of hydrogen-bond donors (Lipinski definition) is 1. The standard InChI is InChI=1S/C21H22BrN3O/c1-14-8-9-17(15(2)12-14)21(26)23-11-10-20-24-18-6-4-5-7-19(18)25(20)13-16(3)22/h4-9,12H,3,10-11,13H2,1-2H3,(H,23,26). The molecule has 1 N–H and O–H groups in total. The van der Waals surface area contributed by atoms with Gasteiger partial charge in [0.05, 0.1) is 17.6 Å². The molecule has 0 radical (unpaired) electrons. The second-order valence-corrected chi connectivity index (χ2v) is 7.57. The van der Waals surface area contributed by atoms with Crippen LogP contribution in [-0.4, -0.2) is 22.0 Å². The van der Waals surface area contributed by atoms with E-state index in [1.165, 1.54) is 0 Å². The number of fused-ring (bicyclic) bond motifs is 1. The van der Waals surface area contributed by atoms with Crippen molar-refractivity contribution in [3.05, 3.63) is 76.0 Å². The summed E-state index contributed by atoms with van der Waals surface area (Å²) in [6, 6.07) is 13.9. The Morgan fingerprint density at radius 3 is 2.73 bits per heavy atom. The van der Waals surface area contributed by atoms with Crippen LogP contribution in [0, 0.1) is 13.8 Å². The van der Waals surface area contributed by atoms with Crippen molar-refractivity contribution in [2.75, 3.05) is 6.54 Å². The van der Waals surface area contributed by atoms with Gasteiger partial charge in [-0.25, -0.2) is 4.98 Å². The Hall–Kier alpha value is -2.40. The Morgan fingerprint density at radius 2 is 2.00 bits per heavy atom. The molecule has 0 aliphatic rings. The van der Waals surface area contributed by atoms with Crippen LogP contribution in [0.25, 0.3) is 11.0 Å². The Kier molecular flexibility index (Phi) is 5.57. The van der Waals surface area contributed by atoms with Gasteiger partial charge in [0.2, 0.25) is 0 Å². The van der Waals surface area contributed by atoms with Gasteiger partial charge in [0.1, 0.15) is 5.82 Å². The second-order valence-electron chi connectivity index (χ2n) is 6.44. The maximum Gasteiger partial charge on any atom is 0.251 e. The Balaban J connectivity index is 1.73. The van der Waals surface area contributed by atoms with E-state index in [0.717, 1.165) is 38.0 Å². The third-order valence-electron chi connectivity index (χ3n) is 4.32. The van der Waals surface area contributed by atoms with Crippen LogP contribution in [0.3, 0.4) is 0 Å². The largest absolute Gasteiger partial charge is 0.352 e. The van der Waals surface area contributed by atoms with Gasteiger partial charge >= 0.3 is 0 Å². The predicted molar refractivity (Wildman–Crippen MR) is 110 cm³/mol. The highest BCUT2D eigenvalue weighted by Crippen LogP contribution is 2.19. The summed E-state index contributed by atoms with van der Waals surface area (Å²) in [5.41, 5.74) is 4.90. The van der Waals surface area contributed by atoms with Gasteiger partial charge in [0.25, 0.3) is 5.91 Å². The van der Waals surface area contributed by atoms with E-state index in [1.807, 2.05) is 50.2 Å². The molecule has 3 aromatic rings. The first-order chi connectivity index (χ1) is 12.5. The zero-order chi connectivity index (χ0) is 18.7. The maximum atomic E-state index is 12.4. The molecule has 134 valence electrons. The molecule has 1 aromatic heterocycles. The van der Waals surface area contributed by atoms with E-state index >= 15 is 0 Å². The van der Waals surface area contributed by atoms with Gasteiger partial charge in [-0.2, -0.15) is 0 Å². The summed E-state index contributed by atoms with van der Waals surface area (Å²) in [5, 5.41) is 3.01.